The van der Waals surface area contributed by atoms with Gasteiger partial charge in [-0.25, -0.2) is 0 Å². The molecule has 0 radical (unpaired) electrons. The first-order valence-corrected chi connectivity index (χ1v) is 15.3. The zero-order chi connectivity index (χ0) is 31.6. The van der Waals surface area contributed by atoms with Gasteiger partial charge in [-0.2, -0.15) is 5.26 Å². The Balaban J connectivity index is 1.48. The lowest BCUT2D eigenvalue weighted by atomic mass is 9.77. The summed E-state index contributed by atoms with van der Waals surface area (Å²) in [6.07, 6.45) is 1.27. The molecule has 2 aliphatic rings. The van der Waals surface area contributed by atoms with Crippen molar-refractivity contribution in [3.05, 3.63) is 87.9 Å². The van der Waals surface area contributed by atoms with Gasteiger partial charge in [0.25, 0.3) is 0 Å². The zero-order valence-electron chi connectivity index (χ0n) is 25.5. The van der Waals surface area contributed by atoms with Gasteiger partial charge in [0.15, 0.2) is 11.5 Å². The van der Waals surface area contributed by atoms with Crippen LogP contribution in [0.1, 0.15) is 68.3 Å². The molecule has 5 rings (SSSR count). The van der Waals surface area contributed by atoms with Crippen molar-refractivity contribution in [2.24, 2.45) is 5.92 Å². The minimum Gasteiger partial charge on any atom is -0.493 e. The van der Waals surface area contributed by atoms with E-state index in [9.17, 15) is 14.7 Å². The smallest absolute Gasteiger partial charge is 0.236 e. The van der Waals surface area contributed by atoms with E-state index >= 15 is 0 Å². The number of nitriles is 1. The van der Waals surface area contributed by atoms with Gasteiger partial charge in [-0.05, 0) is 98.2 Å². The van der Waals surface area contributed by atoms with Crippen LogP contribution < -0.4 is 14.4 Å². The lowest BCUT2D eigenvalue weighted by molar-refractivity contribution is -0.133. The van der Waals surface area contributed by atoms with E-state index in [-0.39, 0.29) is 36.7 Å². The summed E-state index contributed by atoms with van der Waals surface area (Å²) in [4.78, 5) is 29.5. The minimum absolute atomic E-state index is 0.0563. The first-order valence-electron chi connectivity index (χ1n) is 15.0. The Hall–Kier alpha value is -4.06. The van der Waals surface area contributed by atoms with Gasteiger partial charge in [0, 0.05) is 23.8 Å². The molecule has 2 heterocycles. The predicted octanol–water partition coefficient (Wildman–Crippen LogP) is 6.17. The summed E-state index contributed by atoms with van der Waals surface area (Å²) in [7, 11) is 1.59. The number of fused-ring (bicyclic) bond motifs is 1. The molecule has 44 heavy (non-hydrogen) atoms. The summed E-state index contributed by atoms with van der Waals surface area (Å²) in [6.45, 7) is 6.75. The molecule has 2 atom stereocenters. The standard InChI is InChI=1S/C35H38ClN3O5/c1-22(2)44-31-21-29-24(19-30(31)43-4)20-33(41)39(34(29)23-5-9-27(36)10-6-23)28-11-7-25(8-12-28)35(3,42)26-14-17-38(18-15-26)32(40)13-16-37/h5-12,19,21-22,26,34,42H,13-15,17-18,20H2,1-4H3/t34-,35?/m0/s1. The van der Waals surface area contributed by atoms with Gasteiger partial charge < -0.3 is 24.4 Å². The van der Waals surface area contributed by atoms with Crippen LogP contribution in [-0.4, -0.2) is 48.1 Å². The number of likely N-dealkylation sites (tertiary alicyclic amines) is 1. The van der Waals surface area contributed by atoms with Crippen LogP contribution in [0.4, 0.5) is 5.69 Å². The second-order valence-electron chi connectivity index (χ2n) is 11.9. The molecule has 1 unspecified atom stereocenters. The molecule has 9 heteroatoms. The molecule has 0 spiro atoms. The number of carbonyl (C=O) groups excluding carboxylic acids is 2. The number of nitrogens with zero attached hydrogens (tertiary/aromatic N) is 3. The van der Waals surface area contributed by atoms with Crippen LogP contribution in [0.3, 0.4) is 0 Å². The third-order valence-corrected chi connectivity index (χ3v) is 8.99. The Bertz CT molecular complexity index is 1550. The van der Waals surface area contributed by atoms with Crippen molar-refractivity contribution < 1.29 is 24.2 Å². The van der Waals surface area contributed by atoms with Crippen molar-refractivity contribution in [2.75, 3.05) is 25.1 Å². The highest BCUT2D eigenvalue weighted by Gasteiger charge is 2.39. The van der Waals surface area contributed by atoms with Crippen LogP contribution >= 0.6 is 11.6 Å². The Kier molecular flexibility index (Phi) is 9.19. The maximum Gasteiger partial charge on any atom is 0.236 e. The number of rotatable bonds is 8. The average Bonchev–Trinajstić information content (AvgIpc) is 3.01. The molecule has 2 amide bonds. The summed E-state index contributed by atoms with van der Waals surface area (Å²) in [5.74, 6) is 0.908. The number of benzene rings is 3. The fraction of sp³-hybridized carbons (Fsp3) is 0.400. The molecule has 3 aromatic rings. The number of hydrogen-bond donors (Lipinski definition) is 1. The summed E-state index contributed by atoms with van der Waals surface area (Å²) in [6, 6.07) is 20.4. The van der Waals surface area contributed by atoms with Crippen molar-refractivity contribution in [1.29, 1.82) is 5.26 Å². The van der Waals surface area contributed by atoms with Crippen LogP contribution in [0.15, 0.2) is 60.7 Å². The SMILES string of the molecule is COc1cc2c(cc1OC(C)C)[C@H](c1ccc(Cl)cc1)N(c1ccc(C(C)(O)C3CCN(C(=O)CC#N)CC3)cc1)C(=O)C2. The van der Waals surface area contributed by atoms with Crippen LogP contribution in [0.25, 0.3) is 0 Å². The van der Waals surface area contributed by atoms with Crippen LogP contribution in [0, 0.1) is 17.2 Å². The summed E-state index contributed by atoms with van der Waals surface area (Å²) >= 11 is 6.24. The van der Waals surface area contributed by atoms with E-state index in [1.54, 1.807) is 16.9 Å². The van der Waals surface area contributed by atoms with E-state index in [4.69, 9.17) is 26.3 Å². The molecule has 0 bridgehead atoms. The van der Waals surface area contributed by atoms with E-state index in [0.717, 1.165) is 22.3 Å². The van der Waals surface area contributed by atoms with E-state index in [1.807, 2.05) is 87.5 Å². The number of halogens is 1. The highest BCUT2D eigenvalue weighted by Crippen LogP contribution is 2.44. The number of anilines is 1. The molecule has 0 aliphatic carbocycles. The van der Waals surface area contributed by atoms with E-state index < -0.39 is 11.6 Å². The summed E-state index contributed by atoms with van der Waals surface area (Å²) in [5, 5.41) is 21.1. The van der Waals surface area contributed by atoms with Crippen molar-refractivity contribution in [3.8, 4) is 17.6 Å². The maximum absolute atomic E-state index is 13.9. The van der Waals surface area contributed by atoms with E-state index in [1.165, 1.54) is 0 Å². The van der Waals surface area contributed by atoms with Gasteiger partial charge in [0.1, 0.15) is 6.42 Å². The Morgan fingerprint density at radius 2 is 1.75 bits per heavy atom. The molecule has 1 saturated heterocycles. The van der Waals surface area contributed by atoms with Gasteiger partial charge in [-0.3, -0.25) is 9.59 Å². The van der Waals surface area contributed by atoms with Crippen molar-refractivity contribution in [3.63, 3.8) is 0 Å². The molecule has 3 aromatic carbocycles. The van der Waals surface area contributed by atoms with Crippen LogP contribution in [0.5, 0.6) is 11.5 Å². The predicted molar refractivity (Wildman–Crippen MR) is 169 cm³/mol. The molecular formula is C35H38ClN3O5. The zero-order valence-corrected chi connectivity index (χ0v) is 26.3. The number of carbonyl (C=O) groups is 2. The second kappa shape index (κ2) is 12.9. The number of ether oxygens (including phenoxy) is 2. The van der Waals surface area contributed by atoms with Gasteiger partial charge in [-0.1, -0.05) is 35.9 Å². The third-order valence-electron chi connectivity index (χ3n) is 8.74. The topological polar surface area (TPSA) is 103 Å². The largest absolute Gasteiger partial charge is 0.493 e. The Labute approximate surface area is 263 Å². The summed E-state index contributed by atoms with van der Waals surface area (Å²) < 4.78 is 11.7. The van der Waals surface area contributed by atoms with E-state index in [0.29, 0.717) is 48.1 Å². The lowest BCUT2D eigenvalue weighted by Gasteiger charge is -2.40. The molecule has 1 fully saturated rings. The number of piperidine rings is 1. The van der Waals surface area contributed by atoms with E-state index in [2.05, 4.69) is 0 Å². The van der Waals surface area contributed by atoms with Crippen molar-refractivity contribution in [1.82, 2.24) is 4.90 Å². The molecule has 1 N–H and O–H groups in total. The number of aliphatic hydroxyl groups is 1. The molecule has 0 aromatic heterocycles. The highest BCUT2D eigenvalue weighted by molar-refractivity contribution is 6.30. The third kappa shape index (κ3) is 6.26. The average molecular weight is 616 g/mol. The quantitative estimate of drug-likeness (QED) is 0.325. The highest BCUT2D eigenvalue weighted by atomic mass is 35.5. The Morgan fingerprint density at radius 3 is 2.34 bits per heavy atom. The molecule has 8 nitrogen and oxygen atoms in total. The molecule has 0 saturated carbocycles. The monoisotopic (exact) mass is 615 g/mol. The maximum atomic E-state index is 13.9. The van der Waals surface area contributed by atoms with Gasteiger partial charge in [0.05, 0.1) is 37.3 Å². The van der Waals surface area contributed by atoms with Gasteiger partial charge in [0.2, 0.25) is 11.8 Å². The van der Waals surface area contributed by atoms with Crippen LogP contribution in [-0.2, 0) is 21.6 Å². The first-order chi connectivity index (χ1) is 21.0. The normalized spacial score (nSPS) is 18.4. The van der Waals surface area contributed by atoms with Gasteiger partial charge >= 0.3 is 0 Å². The second-order valence-corrected chi connectivity index (χ2v) is 12.4. The first kappa shape index (κ1) is 31.4. The fourth-order valence-electron chi connectivity index (χ4n) is 6.39. The van der Waals surface area contributed by atoms with Crippen molar-refractivity contribution in [2.45, 2.75) is 64.2 Å². The molecule has 230 valence electrons. The number of hydrogen-bond acceptors (Lipinski definition) is 6. The number of methoxy groups -OCH3 is 1. The molecule has 2 aliphatic heterocycles. The minimum atomic E-state index is -1.13. The Morgan fingerprint density at radius 1 is 1.09 bits per heavy atom. The fourth-order valence-corrected chi connectivity index (χ4v) is 6.52. The summed E-state index contributed by atoms with van der Waals surface area (Å²) in [5.41, 5.74) is 3.04. The van der Waals surface area contributed by atoms with Crippen LogP contribution in [0.2, 0.25) is 5.02 Å². The lowest BCUT2D eigenvalue weighted by Crippen LogP contribution is -2.44. The van der Waals surface area contributed by atoms with Gasteiger partial charge in [-0.15, -0.1) is 0 Å². The van der Waals surface area contributed by atoms with Crippen molar-refractivity contribution >= 4 is 29.1 Å². The molecular weight excluding hydrogens is 578 g/mol. The number of amides is 2.